The molecule has 33 heavy (non-hydrogen) atoms. The zero-order valence-corrected chi connectivity index (χ0v) is 17.9. The minimum absolute atomic E-state index is 0.0826. The van der Waals surface area contributed by atoms with E-state index in [1.54, 1.807) is 0 Å². The highest BCUT2D eigenvalue weighted by molar-refractivity contribution is 9.10. The highest BCUT2D eigenvalue weighted by atomic mass is 79.9. The third-order valence-corrected chi connectivity index (χ3v) is 5.19. The quantitative estimate of drug-likeness (QED) is 0.193. The van der Waals surface area contributed by atoms with Crippen LogP contribution in [0.15, 0.2) is 39.0 Å². The first kappa shape index (κ1) is 24.7. The topological polar surface area (TPSA) is 61.9 Å². The van der Waals surface area contributed by atoms with Gasteiger partial charge in [-0.1, -0.05) is 22.8 Å². The first-order chi connectivity index (χ1) is 15.4. The number of rotatable bonds is 5. The summed E-state index contributed by atoms with van der Waals surface area (Å²) in [7, 11) is 0. The molecule has 0 spiro atoms. The van der Waals surface area contributed by atoms with Crippen molar-refractivity contribution in [1.29, 1.82) is 5.41 Å². The highest BCUT2D eigenvalue weighted by Gasteiger charge is 2.40. The van der Waals surface area contributed by atoms with Crippen molar-refractivity contribution in [2.24, 2.45) is 0 Å². The number of hydrogen-bond acceptors (Lipinski definition) is 4. The van der Waals surface area contributed by atoms with Crippen molar-refractivity contribution >= 4 is 45.0 Å². The molecule has 4 nitrogen and oxygen atoms in total. The number of nitrogens with one attached hydrogen (secondary N) is 2. The van der Waals surface area contributed by atoms with E-state index >= 15 is 0 Å². The van der Waals surface area contributed by atoms with E-state index in [1.165, 1.54) is 17.4 Å². The molecule has 0 radical (unpaired) electrons. The van der Waals surface area contributed by atoms with Gasteiger partial charge in [-0.3, -0.25) is 0 Å². The summed E-state index contributed by atoms with van der Waals surface area (Å²) in [5, 5.41) is 11.9. The van der Waals surface area contributed by atoms with E-state index in [0.717, 1.165) is 6.07 Å². The van der Waals surface area contributed by atoms with E-state index in [1.807, 2.05) is 0 Å². The van der Waals surface area contributed by atoms with Gasteiger partial charge in [-0.25, -0.2) is 22.0 Å². The van der Waals surface area contributed by atoms with Crippen molar-refractivity contribution in [1.82, 2.24) is 5.16 Å². The van der Waals surface area contributed by atoms with Crippen molar-refractivity contribution < 1.29 is 39.6 Å². The predicted molar refractivity (Wildman–Crippen MR) is 106 cm³/mol. The van der Waals surface area contributed by atoms with Crippen molar-refractivity contribution in [3.63, 3.8) is 0 Å². The lowest BCUT2D eigenvalue weighted by molar-refractivity contribution is -0.0896. The van der Waals surface area contributed by atoms with Gasteiger partial charge in [-0.15, -0.1) is 0 Å². The molecular weight excluding hydrogens is 554 g/mol. The summed E-state index contributed by atoms with van der Waals surface area (Å²) in [5.74, 6) is -9.95. The van der Waals surface area contributed by atoms with E-state index in [2.05, 4.69) is 21.1 Å². The molecule has 14 heteroatoms. The van der Waals surface area contributed by atoms with Crippen molar-refractivity contribution in [2.45, 2.75) is 6.18 Å². The Hall–Kier alpha value is -2.93. The monoisotopic (exact) mass is 559 g/mol. The second-order valence-corrected chi connectivity index (χ2v) is 7.37. The van der Waals surface area contributed by atoms with Gasteiger partial charge in [-0.2, -0.15) is 13.2 Å². The molecule has 174 valence electrons. The average molecular weight is 561 g/mol. The molecule has 0 saturated heterocycles. The molecule has 0 aliphatic heterocycles. The summed E-state index contributed by atoms with van der Waals surface area (Å²) >= 11 is 8.81. The van der Waals surface area contributed by atoms with E-state index < -0.39 is 62.5 Å². The van der Waals surface area contributed by atoms with Crippen molar-refractivity contribution in [3.05, 3.63) is 74.3 Å². The molecule has 2 aromatic carbocycles. The van der Waals surface area contributed by atoms with Gasteiger partial charge in [0.25, 0.3) is 0 Å². The van der Waals surface area contributed by atoms with Crippen molar-refractivity contribution in [3.8, 4) is 11.3 Å². The Morgan fingerprint density at radius 1 is 1.06 bits per heavy atom. The van der Waals surface area contributed by atoms with Crippen LogP contribution in [0.5, 0.6) is 0 Å². The van der Waals surface area contributed by atoms with Crippen LogP contribution in [-0.2, 0) is 0 Å². The molecule has 0 amide bonds. The van der Waals surface area contributed by atoms with Crippen LogP contribution in [-0.4, -0.2) is 17.5 Å². The van der Waals surface area contributed by atoms with Gasteiger partial charge in [-0.05, 0) is 28.1 Å². The molecule has 0 unspecified atom stereocenters. The van der Waals surface area contributed by atoms with E-state index in [0.29, 0.717) is 0 Å². The number of nitrogens with zero attached hydrogens (tertiary/aromatic N) is 1. The molecule has 0 saturated carbocycles. The second kappa shape index (κ2) is 9.14. The van der Waals surface area contributed by atoms with Gasteiger partial charge in [0.2, 0.25) is 0 Å². The highest BCUT2D eigenvalue weighted by Crippen LogP contribution is 2.41. The zero-order chi connectivity index (χ0) is 24.7. The van der Waals surface area contributed by atoms with Crippen molar-refractivity contribution in [2.75, 3.05) is 5.32 Å². The number of benzene rings is 2. The third kappa shape index (κ3) is 4.60. The Balaban J connectivity index is 2.25. The maximum absolute atomic E-state index is 14.2. The number of allylic oxidation sites excluding steroid dienone is 2. The molecular formula is C19H7BrClF8N3O. The minimum Gasteiger partial charge on any atom is -0.354 e. The normalized spacial score (nSPS) is 12.5. The number of hydrogen-bond donors (Lipinski definition) is 2. The predicted octanol–water partition coefficient (Wildman–Crippen LogP) is 7.49. The number of alkyl halides is 3. The molecule has 0 bridgehead atoms. The van der Waals surface area contributed by atoms with Gasteiger partial charge >= 0.3 is 6.18 Å². The number of anilines is 1. The standard InChI is InChI=1S/C19H7BrClF8N3O/c20-12-15(11-7(21)2-1-3-8(11)22)32-33-17(12)6(5-30)18(19(27,28)29)31-16-13(25)9(23)4-10(24)14(16)26/h1-5,30-31H/b18-6+,30-5?. The van der Waals surface area contributed by atoms with Crippen LogP contribution in [0.2, 0.25) is 5.02 Å². The summed E-state index contributed by atoms with van der Waals surface area (Å²) < 4.78 is 115. The molecule has 3 rings (SSSR count). The van der Waals surface area contributed by atoms with Crippen LogP contribution in [0.3, 0.4) is 0 Å². The number of aromatic nitrogens is 1. The van der Waals surface area contributed by atoms with E-state index in [-0.39, 0.29) is 28.6 Å². The summed E-state index contributed by atoms with van der Waals surface area (Å²) in [6.45, 7) is 0. The molecule has 0 atom stereocenters. The van der Waals surface area contributed by atoms with E-state index in [9.17, 15) is 35.1 Å². The van der Waals surface area contributed by atoms with Gasteiger partial charge in [0.05, 0.1) is 20.6 Å². The second-order valence-electron chi connectivity index (χ2n) is 6.17. The first-order valence-corrected chi connectivity index (χ1v) is 9.57. The fraction of sp³-hybridized carbons (Fsp3) is 0.0526. The van der Waals surface area contributed by atoms with Crippen LogP contribution >= 0.6 is 27.5 Å². The van der Waals surface area contributed by atoms with Crippen LogP contribution in [0.4, 0.5) is 40.8 Å². The van der Waals surface area contributed by atoms with Crippen LogP contribution in [0.1, 0.15) is 5.76 Å². The molecule has 1 heterocycles. The maximum atomic E-state index is 14.2. The van der Waals surface area contributed by atoms with Gasteiger partial charge < -0.3 is 15.2 Å². The van der Waals surface area contributed by atoms with E-state index in [4.69, 9.17) is 21.5 Å². The average Bonchev–Trinajstić information content (AvgIpc) is 3.09. The zero-order valence-electron chi connectivity index (χ0n) is 15.5. The SMILES string of the molecule is N=C/C(=C(\Nc1c(F)c(F)cc(F)c1F)C(F)(F)F)c1onc(-c2c(F)cccc2Cl)c1Br. The summed E-state index contributed by atoms with van der Waals surface area (Å²) in [5.41, 5.74) is -5.75. The fourth-order valence-electron chi connectivity index (χ4n) is 2.68. The maximum Gasteiger partial charge on any atom is 0.432 e. The molecule has 0 fully saturated rings. The largest absolute Gasteiger partial charge is 0.432 e. The smallest absolute Gasteiger partial charge is 0.354 e. The van der Waals surface area contributed by atoms with Gasteiger partial charge in [0.15, 0.2) is 29.0 Å². The van der Waals surface area contributed by atoms with Crippen LogP contribution < -0.4 is 5.32 Å². The minimum atomic E-state index is -5.45. The molecule has 2 N–H and O–H groups in total. The lowest BCUT2D eigenvalue weighted by atomic mass is 10.1. The molecule has 0 aliphatic rings. The first-order valence-electron chi connectivity index (χ1n) is 8.40. The fourth-order valence-corrected chi connectivity index (χ4v) is 3.48. The van der Waals surface area contributed by atoms with Gasteiger partial charge in [0, 0.05) is 12.3 Å². The van der Waals surface area contributed by atoms with Gasteiger partial charge in [0.1, 0.15) is 22.9 Å². The molecule has 1 aromatic heterocycles. The van der Waals surface area contributed by atoms with Crippen LogP contribution in [0, 0.1) is 34.5 Å². The Bertz CT molecular complexity index is 1240. The summed E-state index contributed by atoms with van der Waals surface area (Å²) in [6, 6.07) is 3.32. The Labute approximate surface area is 192 Å². The number of halogens is 10. The lowest BCUT2D eigenvalue weighted by Gasteiger charge is -2.18. The Morgan fingerprint density at radius 3 is 2.18 bits per heavy atom. The Kier molecular flexibility index (Phi) is 6.84. The molecule has 0 aliphatic carbocycles. The lowest BCUT2D eigenvalue weighted by Crippen LogP contribution is -2.23. The summed E-state index contributed by atoms with van der Waals surface area (Å²) in [4.78, 5) is 0. The summed E-state index contributed by atoms with van der Waals surface area (Å²) in [6.07, 6.45) is -5.37. The molecule has 3 aromatic rings. The third-order valence-electron chi connectivity index (χ3n) is 4.14. The Morgan fingerprint density at radius 2 is 1.67 bits per heavy atom. The van der Waals surface area contributed by atoms with Crippen LogP contribution in [0.25, 0.3) is 16.8 Å².